The number of benzene rings is 2. The van der Waals surface area contributed by atoms with Gasteiger partial charge in [0.05, 0.1) is 11.7 Å². The number of hydrogen-bond acceptors (Lipinski definition) is 3. The highest BCUT2D eigenvalue weighted by atomic mass is 35.5. The van der Waals surface area contributed by atoms with Gasteiger partial charge in [-0.1, -0.05) is 41.4 Å². The third-order valence-corrected chi connectivity index (χ3v) is 6.23. The number of likely N-dealkylation sites (N-methyl/N-ethyl adjacent to an activating group) is 1. The summed E-state index contributed by atoms with van der Waals surface area (Å²) in [5.41, 5.74) is -0.508. The first-order chi connectivity index (χ1) is 13.8. The lowest BCUT2D eigenvalue weighted by Crippen LogP contribution is -2.57. The summed E-state index contributed by atoms with van der Waals surface area (Å²) < 4.78 is 14.7. The Kier molecular flexibility index (Phi) is 5.05. The van der Waals surface area contributed by atoms with E-state index in [0.717, 1.165) is 12.5 Å². The number of rotatable bonds is 3. The molecule has 2 atom stereocenters. The monoisotopic (exact) mass is 435 g/mol. The molecule has 0 aromatic heterocycles. The Morgan fingerprint density at radius 2 is 1.97 bits per heavy atom. The zero-order chi connectivity index (χ0) is 20.9. The smallest absolute Gasteiger partial charge is 0.254 e. The molecule has 1 saturated heterocycles. The highest BCUT2D eigenvalue weighted by molar-refractivity contribution is 6.32. The van der Waals surface area contributed by atoms with E-state index in [1.165, 1.54) is 4.90 Å². The number of nitrogens with zero attached hydrogens (tertiary/aromatic N) is 2. The van der Waals surface area contributed by atoms with E-state index < -0.39 is 23.3 Å². The van der Waals surface area contributed by atoms with Crippen molar-refractivity contribution in [2.75, 3.05) is 26.0 Å². The first kappa shape index (κ1) is 20.1. The summed E-state index contributed by atoms with van der Waals surface area (Å²) in [6, 6.07) is 9.16. The van der Waals surface area contributed by atoms with Gasteiger partial charge in [0, 0.05) is 41.8 Å². The lowest BCUT2D eigenvalue weighted by Gasteiger charge is -2.41. The van der Waals surface area contributed by atoms with Crippen molar-refractivity contribution in [2.45, 2.75) is 24.4 Å². The Bertz CT molecular complexity index is 1010. The van der Waals surface area contributed by atoms with Crippen LogP contribution in [0, 0.1) is 5.82 Å². The van der Waals surface area contributed by atoms with Crippen molar-refractivity contribution < 1.29 is 14.0 Å². The van der Waals surface area contributed by atoms with Gasteiger partial charge in [0.2, 0.25) is 5.91 Å². The average Bonchev–Trinajstić information content (AvgIpc) is 3.25. The highest BCUT2D eigenvalue weighted by Gasteiger charge is 2.58. The zero-order valence-electron chi connectivity index (χ0n) is 16.0. The molecule has 2 aromatic carbocycles. The van der Waals surface area contributed by atoms with Crippen LogP contribution >= 0.6 is 23.2 Å². The summed E-state index contributed by atoms with van der Waals surface area (Å²) in [5.74, 6) is -1.18. The van der Waals surface area contributed by atoms with Crippen LogP contribution in [0.25, 0.3) is 0 Å². The van der Waals surface area contributed by atoms with Gasteiger partial charge >= 0.3 is 0 Å². The van der Waals surface area contributed by atoms with Gasteiger partial charge in [-0.15, -0.1) is 0 Å². The molecule has 4 rings (SSSR count). The van der Waals surface area contributed by atoms with Crippen LogP contribution in [0.1, 0.15) is 24.0 Å². The maximum absolute atomic E-state index is 14.7. The van der Waals surface area contributed by atoms with Crippen LogP contribution in [-0.2, 0) is 15.1 Å². The van der Waals surface area contributed by atoms with E-state index >= 15 is 0 Å². The van der Waals surface area contributed by atoms with Crippen molar-refractivity contribution in [2.24, 2.45) is 0 Å². The summed E-state index contributed by atoms with van der Waals surface area (Å²) in [6.45, 7) is 0.483. The summed E-state index contributed by atoms with van der Waals surface area (Å²) >= 11 is 12.7. The largest absolute Gasteiger partial charge is 0.347 e. The van der Waals surface area contributed by atoms with Gasteiger partial charge in [-0.25, -0.2) is 4.39 Å². The molecule has 0 radical (unpaired) electrons. The topological polar surface area (TPSA) is 52.7 Å². The van der Waals surface area contributed by atoms with Gasteiger partial charge in [-0.3, -0.25) is 14.5 Å². The van der Waals surface area contributed by atoms with E-state index in [9.17, 15) is 14.0 Å². The lowest BCUT2D eigenvalue weighted by molar-refractivity contribution is -0.138. The van der Waals surface area contributed by atoms with Crippen LogP contribution in [0.15, 0.2) is 36.4 Å². The molecule has 2 aromatic rings. The van der Waals surface area contributed by atoms with Crippen LogP contribution in [0.5, 0.6) is 0 Å². The van der Waals surface area contributed by atoms with E-state index in [1.54, 1.807) is 44.4 Å². The van der Waals surface area contributed by atoms with Crippen LogP contribution in [0.4, 0.5) is 10.1 Å². The SMILES string of the molecule is CN(C)C(=O)[C@@H]1CCCN1C1(c2ccccc2Cl)C(=O)Nc2c(F)cc(Cl)cc21. The van der Waals surface area contributed by atoms with Gasteiger partial charge in [0.1, 0.15) is 5.82 Å². The van der Waals surface area contributed by atoms with Crippen molar-refractivity contribution in [3.8, 4) is 0 Å². The average molecular weight is 436 g/mol. The number of halogens is 3. The second-order valence-electron chi connectivity index (χ2n) is 7.54. The Morgan fingerprint density at radius 3 is 2.66 bits per heavy atom. The number of nitrogens with one attached hydrogen (secondary N) is 1. The zero-order valence-corrected chi connectivity index (χ0v) is 17.5. The molecule has 0 spiro atoms. The molecule has 2 heterocycles. The molecule has 0 bridgehead atoms. The van der Waals surface area contributed by atoms with Gasteiger partial charge in [0.25, 0.3) is 5.91 Å². The van der Waals surface area contributed by atoms with Gasteiger partial charge in [0.15, 0.2) is 5.54 Å². The number of carbonyl (C=O) groups excluding carboxylic acids is 2. The first-order valence-electron chi connectivity index (χ1n) is 9.32. The number of hydrogen-bond donors (Lipinski definition) is 1. The third kappa shape index (κ3) is 2.93. The number of amides is 2. The molecule has 29 heavy (non-hydrogen) atoms. The highest BCUT2D eigenvalue weighted by Crippen LogP contribution is 2.51. The minimum Gasteiger partial charge on any atom is -0.347 e. The predicted octanol–water partition coefficient (Wildman–Crippen LogP) is 3.88. The third-order valence-electron chi connectivity index (χ3n) is 5.69. The molecule has 1 fully saturated rings. The fraction of sp³-hybridized carbons (Fsp3) is 0.333. The number of fused-ring (bicyclic) bond motifs is 1. The number of carbonyl (C=O) groups is 2. The summed E-state index contributed by atoms with van der Waals surface area (Å²) in [7, 11) is 3.36. The molecule has 152 valence electrons. The van der Waals surface area contributed by atoms with Gasteiger partial charge in [-0.2, -0.15) is 0 Å². The minimum atomic E-state index is -1.45. The predicted molar refractivity (Wildman–Crippen MR) is 111 cm³/mol. The molecule has 5 nitrogen and oxygen atoms in total. The van der Waals surface area contributed by atoms with Crippen LogP contribution in [-0.4, -0.2) is 48.3 Å². The molecule has 2 amide bonds. The Balaban J connectivity index is 2.03. The summed E-state index contributed by atoms with van der Waals surface area (Å²) in [4.78, 5) is 29.8. The van der Waals surface area contributed by atoms with Crippen molar-refractivity contribution in [1.82, 2.24) is 9.80 Å². The van der Waals surface area contributed by atoms with Crippen molar-refractivity contribution in [3.05, 3.63) is 63.4 Å². The molecule has 2 aliphatic heterocycles. The second kappa shape index (κ2) is 7.27. The van der Waals surface area contributed by atoms with Gasteiger partial charge in [-0.05, 0) is 31.0 Å². The summed E-state index contributed by atoms with van der Waals surface area (Å²) in [6.07, 6.45) is 1.32. The first-order valence-corrected chi connectivity index (χ1v) is 10.1. The van der Waals surface area contributed by atoms with Crippen molar-refractivity contribution in [1.29, 1.82) is 0 Å². The van der Waals surface area contributed by atoms with E-state index in [-0.39, 0.29) is 16.6 Å². The number of likely N-dealkylation sites (tertiary alicyclic amines) is 1. The van der Waals surface area contributed by atoms with E-state index in [2.05, 4.69) is 5.32 Å². The molecule has 0 saturated carbocycles. The van der Waals surface area contributed by atoms with Crippen molar-refractivity contribution in [3.63, 3.8) is 0 Å². The Hall–Kier alpha value is -2.15. The molecule has 2 aliphatic rings. The van der Waals surface area contributed by atoms with E-state index in [4.69, 9.17) is 23.2 Å². The van der Waals surface area contributed by atoms with Crippen LogP contribution < -0.4 is 5.32 Å². The summed E-state index contributed by atoms with van der Waals surface area (Å²) in [5, 5.41) is 3.21. The maximum atomic E-state index is 14.7. The Labute approximate surface area is 178 Å². The lowest BCUT2D eigenvalue weighted by atomic mass is 9.81. The molecule has 0 aliphatic carbocycles. The van der Waals surface area contributed by atoms with E-state index in [1.807, 2.05) is 4.90 Å². The normalized spacial score (nSPS) is 23.8. The second-order valence-corrected chi connectivity index (χ2v) is 8.38. The molecule has 1 unspecified atom stereocenters. The fourth-order valence-corrected chi connectivity index (χ4v) is 4.97. The van der Waals surface area contributed by atoms with Crippen molar-refractivity contribution >= 4 is 40.7 Å². The Morgan fingerprint density at radius 1 is 1.24 bits per heavy atom. The molecule has 8 heteroatoms. The van der Waals surface area contributed by atoms with Gasteiger partial charge < -0.3 is 10.2 Å². The maximum Gasteiger partial charge on any atom is 0.254 e. The number of anilines is 1. The quantitative estimate of drug-likeness (QED) is 0.795. The minimum absolute atomic E-state index is 0.0715. The van der Waals surface area contributed by atoms with Crippen LogP contribution in [0.3, 0.4) is 0 Å². The standard InChI is InChI=1S/C21H20Cl2FN3O2/c1-26(2)19(28)17-8-5-9-27(17)21(13-6-3-4-7-15(13)23)14-10-12(22)11-16(24)18(14)25-20(21)29/h3-4,6-7,10-11,17H,5,8-9H2,1-2H3,(H,25,29)/t17-,21?/m0/s1. The molecular formula is C21H20Cl2FN3O2. The fourth-order valence-electron chi connectivity index (χ4n) is 4.50. The molecule has 1 N–H and O–H groups in total. The van der Waals surface area contributed by atoms with Crippen LogP contribution in [0.2, 0.25) is 10.0 Å². The molecular weight excluding hydrogens is 416 g/mol. The van der Waals surface area contributed by atoms with E-state index in [0.29, 0.717) is 29.1 Å².